The second kappa shape index (κ2) is 4.64. The quantitative estimate of drug-likeness (QED) is 0.654. The zero-order chi connectivity index (χ0) is 16.7. The van der Waals surface area contributed by atoms with Crippen LogP contribution in [0.25, 0.3) is 0 Å². The van der Waals surface area contributed by atoms with E-state index in [2.05, 4.69) is 32.9 Å². The Hall–Kier alpha value is -0.340. The van der Waals surface area contributed by atoms with Crippen molar-refractivity contribution in [3.05, 3.63) is 12.2 Å². The lowest BCUT2D eigenvalue weighted by Crippen LogP contribution is -2.58. The summed E-state index contributed by atoms with van der Waals surface area (Å²) < 4.78 is 0. The molecule has 0 bridgehead atoms. The van der Waals surface area contributed by atoms with Gasteiger partial charge in [-0.3, -0.25) is 0 Å². The Balaban J connectivity index is 1.72. The Labute approximate surface area is 141 Å². The molecule has 4 aliphatic rings. The summed E-state index contributed by atoms with van der Waals surface area (Å²) in [5.41, 5.74) is -0.0760. The highest BCUT2D eigenvalue weighted by molar-refractivity contribution is 5.23. The molecule has 0 saturated heterocycles. The summed E-state index contributed by atoms with van der Waals surface area (Å²) in [7, 11) is 0. The van der Waals surface area contributed by atoms with E-state index in [4.69, 9.17) is 0 Å². The fourth-order valence-electron chi connectivity index (χ4n) is 7.41. The molecule has 0 aromatic carbocycles. The molecule has 8 unspecified atom stereocenters. The van der Waals surface area contributed by atoms with E-state index >= 15 is 0 Å². The van der Waals surface area contributed by atoms with E-state index in [1.807, 2.05) is 6.92 Å². The van der Waals surface area contributed by atoms with Crippen LogP contribution in [0.5, 0.6) is 0 Å². The maximum Gasteiger partial charge on any atom is 0.0805 e. The Morgan fingerprint density at radius 2 is 1.61 bits per heavy atom. The molecule has 4 rings (SSSR count). The first-order chi connectivity index (χ1) is 10.6. The lowest BCUT2D eigenvalue weighted by Gasteiger charge is -2.64. The van der Waals surface area contributed by atoms with Crippen molar-refractivity contribution in [3.63, 3.8) is 0 Å². The van der Waals surface area contributed by atoms with Crippen molar-refractivity contribution in [2.75, 3.05) is 0 Å². The summed E-state index contributed by atoms with van der Waals surface area (Å²) in [6, 6.07) is 0. The number of allylic oxidation sites excluding steroid dienone is 1. The second-order valence-electron chi connectivity index (χ2n) is 10.3. The van der Waals surface area contributed by atoms with Gasteiger partial charge in [-0.1, -0.05) is 32.9 Å². The van der Waals surface area contributed by atoms with Crippen molar-refractivity contribution in [3.8, 4) is 0 Å². The van der Waals surface area contributed by atoms with Crippen LogP contribution in [0.1, 0.15) is 72.6 Å². The SMILES string of the molecule is CC1(O)C=CC2(C)C3CCC4(C)C(O)CCC4C3CCC2(C)C1. The van der Waals surface area contributed by atoms with Crippen LogP contribution in [0.3, 0.4) is 0 Å². The monoisotopic (exact) mass is 318 g/mol. The van der Waals surface area contributed by atoms with E-state index in [0.29, 0.717) is 5.92 Å². The van der Waals surface area contributed by atoms with E-state index in [1.165, 1.54) is 32.1 Å². The van der Waals surface area contributed by atoms with Gasteiger partial charge in [0.15, 0.2) is 0 Å². The standard InChI is InChI=1S/C21H34O2/c1-18-9-7-14-15-5-6-17(22)20(15,3)10-8-16(14)21(18,4)12-11-19(2,23)13-18/h11-12,14-17,22-23H,5-10,13H2,1-4H3. The van der Waals surface area contributed by atoms with Gasteiger partial charge in [0, 0.05) is 0 Å². The average Bonchev–Trinajstić information content (AvgIpc) is 2.76. The van der Waals surface area contributed by atoms with E-state index in [-0.39, 0.29) is 22.3 Å². The topological polar surface area (TPSA) is 40.5 Å². The van der Waals surface area contributed by atoms with Crippen LogP contribution in [0.2, 0.25) is 0 Å². The number of hydrogen-bond donors (Lipinski definition) is 2. The van der Waals surface area contributed by atoms with Gasteiger partial charge >= 0.3 is 0 Å². The Bertz CT molecular complexity index is 538. The normalized spacial score (nSPS) is 61.7. The van der Waals surface area contributed by atoms with E-state index in [1.54, 1.807) is 0 Å². The molecule has 3 saturated carbocycles. The van der Waals surface area contributed by atoms with Crippen LogP contribution in [0, 0.1) is 34.0 Å². The first-order valence-electron chi connectivity index (χ1n) is 9.72. The molecule has 8 atom stereocenters. The maximum absolute atomic E-state index is 10.6. The van der Waals surface area contributed by atoms with Gasteiger partial charge in [-0.25, -0.2) is 0 Å². The number of aliphatic hydroxyl groups excluding tert-OH is 1. The highest BCUT2D eigenvalue weighted by Gasteiger charge is 2.63. The molecule has 23 heavy (non-hydrogen) atoms. The lowest BCUT2D eigenvalue weighted by atomic mass is 9.41. The zero-order valence-electron chi connectivity index (χ0n) is 15.3. The summed E-state index contributed by atoms with van der Waals surface area (Å²) in [6.45, 7) is 9.19. The highest BCUT2D eigenvalue weighted by atomic mass is 16.3. The molecule has 0 aliphatic heterocycles. The number of fused-ring (bicyclic) bond motifs is 5. The van der Waals surface area contributed by atoms with Crippen molar-refractivity contribution < 1.29 is 10.2 Å². The molecule has 0 spiro atoms. The van der Waals surface area contributed by atoms with E-state index < -0.39 is 5.60 Å². The largest absolute Gasteiger partial charge is 0.393 e. The predicted molar refractivity (Wildman–Crippen MR) is 92.9 cm³/mol. The molecule has 2 nitrogen and oxygen atoms in total. The third-order valence-corrected chi connectivity index (χ3v) is 9.02. The van der Waals surface area contributed by atoms with Crippen LogP contribution in [-0.4, -0.2) is 21.9 Å². The molecule has 4 aliphatic carbocycles. The van der Waals surface area contributed by atoms with Crippen LogP contribution in [0.15, 0.2) is 12.2 Å². The van der Waals surface area contributed by atoms with Gasteiger partial charge in [0.05, 0.1) is 11.7 Å². The summed E-state index contributed by atoms with van der Waals surface area (Å²) in [4.78, 5) is 0. The Morgan fingerprint density at radius 3 is 2.35 bits per heavy atom. The van der Waals surface area contributed by atoms with Crippen LogP contribution in [0.4, 0.5) is 0 Å². The van der Waals surface area contributed by atoms with Crippen LogP contribution < -0.4 is 0 Å². The Morgan fingerprint density at radius 1 is 0.870 bits per heavy atom. The third kappa shape index (κ3) is 2.00. The fourth-order valence-corrected chi connectivity index (χ4v) is 7.41. The molecule has 2 N–H and O–H groups in total. The molecular weight excluding hydrogens is 284 g/mol. The zero-order valence-corrected chi connectivity index (χ0v) is 15.3. The van der Waals surface area contributed by atoms with Crippen molar-refractivity contribution in [2.45, 2.75) is 84.3 Å². The smallest absolute Gasteiger partial charge is 0.0805 e. The molecule has 0 heterocycles. The molecule has 0 amide bonds. The minimum Gasteiger partial charge on any atom is -0.393 e. The molecule has 0 aromatic heterocycles. The van der Waals surface area contributed by atoms with Crippen molar-refractivity contribution >= 4 is 0 Å². The van der Waals surface area contributed by atoms with Gasteiger partial charge in [-0.2, -0.15) is 0 Å². The number of rotatable bonds is 0. The molecule has 130 valence electrons. The van der Waals surface area contributed by atoms with Gasteiger partial charge in [0.1, 0.15) is 0 Å². The summed E-state index contributed by atoms with van der Waals surface area (Å²) in [5, 5.41) is 21.1. The summed E-state index contributed by atoms with van der Waals surface area (Å²) in [6.07, 6.45) is 12.4. The minimum atomic E-state index is -0.645. The van der Waals surface area contributed by atoms with Crippen molar-refractivity contribution in [1.29, 1.82) is 0 Å². The van der Waals surface area contributed by atoms with Crippen LogP contribution >= 0.6 is 0 Å². The predicted octanol–water partition coefficient (Wildman–Crippen LogP) is 4.31. The van der Waals surface area contributed by atoms with E-state index in [0.717, 1.165) is 24.7 Å². The minimum absolute atomic E-state index is 0.0859. The second-order valence-corrected chi connectivity index (χ2v) is 10.3. The molecule has 3 fully saturated rings. The maximum atomic E-state index is 10.6. The van der Waals surface area contributed by atoms with Gasteiger partial charge in [0.25, 0.3) is 0 Å². The van der Waals surface area contributed by atoms with Gasteiger partial charge in [0.2, 0.25) is 0 Å². The van der Waals surface area contributed by atoms with Crippen molar-refractivity contribution in [2.24, 2.45) is 34.0 Å². The van der Waals surface area contributed by atoms with Crippen LogP contribution in [-0.2, 0) is 0 Å². The Kier molecular flexibility index (Phi) is 3.25. The molecule has 0 aromatic rings. The first-order valence-corrected chi connectivity index (χ1v) is 9.72. The summed E-state index contributed by atoms with van der Waals surface area (Å²) in [5.74, 6) is 2.18. The van der Waals surface area contributed by atoms with Gasteiger partial charge in [-0.05, 0) is 85.9 Å². The van der Waals surface area contributed by atoms with Crippen molar-refractivity contribution in [1.82, 2.24) is 0 Å². The first kappa shape index (κ1) is 16.1. The molecule has 2 heteroatoms. The van der Waals surface area contributed by atoms with Gasteiger partial charge in [-0.15, -0.1) is 0 Å². The fraction of sp³-hybridized carbons (Fsp3) is 0.905. The third-order valence-electron chi connectivity index (χ3n) is 9.02. The highest BCUT2D eigenvalue weighted by Crippen LogP contribution is 2.69. The average molecular weight is 319 g/mol. The van der Waals surface area contributed by atoms with Gasteiger partial charge < -0.3 is 10.2 Å². The van der Waals surface area contributed by atoms with E-state index in [9.17, 15) is 10.2 Å². The number of hydrogen-bond acceptors (Lipinski definition) is 2. The summed E-state index contributed by atoms with van der Waals surface area (Å²) >= 11 is 0. The lowest BCUT2D eigenvalue weighted by molar-refractivity contribution is -0.142. The molecule has 0 radical (unpaired) electrons. The number of aliphatic hydroxyl groups is 2. The molecular formula is C21H34O2.